The third-order valence-electron chi connectivity index (χ3n) is 2.03. The standard InChI is InChI=1S/C10H10ClF4NOS/c11-6-1-5(8(16)3-18)2-7(12)9(6)17-4-10(13,14)15/h1-2,8,18H,3-4,16H2. The molecule has 1 atom stereocenters. The number of ether oxygens (including phenoxy) is 1. The summed E-state index contributed by atoms with van der Waals surface area (Å²) in [6, 6.07) is 1.69. The van der Waals surface area contributed by atoms with Gasteiger partial charge in [0.25, 0.3) is 0 Å². The maximum atomic E-state index is 13.5. The molecule has 8 heteroatoms. The number of hydrogen-bond acceptors (Lipinski definition) is 3. The van der Waals surface area contributed by atoms with E-state index in [2.05, 4.69) is 17.4 Å². The summed E-state index contributed by atoms with van der Waals surface area (Å²) in [5.41, 5.74) is 5.94. The van der Waals surface area contributed by atoms with Crippen molar-refractivity contribution in [2.75, 3.05) is 12.4 Å². The normalized spacial score (nSPS) is 13.5. The monoisotopic (exact) mass is 303 g/mol. The van der Waals surface area contributed by atoms with E-state index in [1.807, 2.05) is 0 Å². The molecule has 0 spiro atoms. The third kappa shape index (κ3) is 4.22. The second-order valence-corrected chi connectivity index (χ2v) is 4.28. The fourth-order valence-electron chi connectivity index (χ4n) is 1.19. The van der Waals surface area contributed by atoms with E-state index in [-0.39, 0.29) is 10.8 Å². The molecule has 1 aromatic carbocycles. The quantitative estimate of drug-likeness (QED) is 0.661. The predicted molar refractivity (Wildman–Crippen MR) is 63.7 cm³/mol. The second kappa shape index (κ2) is 5.99. The molecule has 0 aliphatic heterocycles. The molecule has 0 amide bonds. The lowest BCUT2D eigenvalue weighted by atomic mass is 10.1. The first kappa shape index (κ1) is 15.4. The van der Waals surface area contributed by atoms with Gasteiger partial charge in [-0.05, 0) is 17.7 Å². The Kier molecular flexibility index (Phi) is 5.12. The molecular formula is C10H10ClF4NOS. The average molecular weight is 304 g/mol. The van der Waals surface area contributed by atoms with E-state index in [9.17, 15) is 17.6 Å². The molecular weight excluding hydrogens is 294 g/mol. The van der Waals surface area contributed by atoms with Gasteiger partial charge in [-0.2, -0.15) is 25.8 Å². The van der Waals surface area contributed by atoms with E-state index in [0.29, 0.717) is 5.56 Å². The SMILES string of the molecule is NC(CS)c1cc(F)c(OCC(F)(F)F)c(Cl)c1. The van der Waals surface area contributed by atoms with Crippen LogP contribution in [-0.4, -0.2) is 18.5 Å². The lowest BCUT2D eigenvalue weighted by Gasteiger charge is -2.14. The van der Waals surface area contributed by atoms with E-state index in [1.54, 1.807) is 0 Å². The molecule has 18 heavy (non-hydrogen) atoms. The van der Waals surface area contributed by atoms with Gasteiger partial charge in [0.2, 0.25) is 0 Å². The number of thiol groups is 1. The van der Waals surface area contributed by atoms with Crippen LogP contribution in [0.5, 0.6) is 5.75 Å². The Morgan fingerprint density at radius 2 is 2.00 bits per heavy atom. The van der Waals surface area contributed by atoms with E-state index in [4.69, 9.17) is 17.3 Å². The van der Waals surface area contributed by atoms with Crippen molar-refractivity contribution in [1.29, 1.82) is 0 Å². The van der Waals surface area contributed by atoms with Gasteiger partial charge in [0, 0.05) is 11.8 Å². The Balaban J connectivity index is 2.94. The van der Waals surface area contributed by atoms with Crippen molar-refractivity contribution in [3.05, 3.63) is 28.5 Å². The number of nitrogens with two attached hydrogens (primary N) is 1. The zero-order valence-electron chi connectivity index (χ0n) is 8.97. The number of rotatable bonds is 4. The van der Waals surface area contributed by atoms with Crippen molar-refractivity contribution in [2.24, 2.45) is 5.73 Å². The van der Waals surface area contributed by atoms with Crippen molar-refractivity contribution < 1.29 is 22.3 Å². The van der Waals surface area contributed by atoms with Gasteiger partial charge in [0.15, 0.2) is 18.2 Å². The molecule has 0 aromatic heterocycles. The summed E-state index contributed by atoms with van der Waals surface area (Å²) in [7, 11) is 0. The van der Waals surface area contributed by atoms with Crippen LogP contribution in [0.2, 0.25) is 5.02 Å². The molecule has 0 aliphatic rings. The highest BCUT2D eigenvalue weighted by Gasteiger charge is 2.29. The summed E-state index contributed by atoms with van der Waals surface area (Å²) in [5.74, 6) is -1.37. The number of hydrogen-bond donors (Lipinski definition) is 2. The van der Waals surface area contributed by atoms with Gasteiger partial charge in [-0.25, -0.2) is 4.39 Å². The van der Waals surface area contributed by atoms with Crippen molar-refractivity contribution in [2.45, 2.75) is 12.2 Å². The van der Waals surface area contributed by atoms with E-state index >= 15 is 0 Å². The summed E-state index contributed by atoms with van der Waals surface area (Å²) >= 11 is 9.58. The summed E-state index contributed by atoms with van der Waals surface area (Å²) in [5, 5.41) is -0.258. The van der Waals surface area contributed by atoms with Crippen LogP contribution in [0.3, 0.4) is 0 Å². The molecule has 0 bridgehead atoms. The first-order valence-electron chi connectivity index (χ1n) is 4.79. The van der Waals surface area contributed by atoms with Crippen LogP contribution in [0.4, 0.5) is 17.6 Å². The Labute approximate surface area is 111 Å². The molecule has 0 saturated heterocycles. The van der Waals surface area contributed by atoms with Crippen LogP contribution in [-0.2, 0) is 0 Å². The summed E-state index contributed by atoms with van der Waals surface area (Å²) in [6.07, 6.45) is -4.56. The van der Waals surface area contributed by atoms with Gasteiger partial charge < -0.3 is 10.5 Å². The Bertz CT molecular complexity index is 404. The van der Waals surface area contributed by atoms with Gasteiger partial charge in [-0.15, -0.1) is 0 Å². The van der Waals surface area contributed by atoms with Crippen molar-refractivity contribution in [3.63, 3.8) is 0 Å². The minimum atomic E-state index is -4.56. The lowest BCUT2D eigenvalue weighted by molar-refractivity contribution is -0.153. The first-order valence-corrected chi connectivity index (χ1v) is 5.80. The lowest BCUT2D eigenvalue weighted by Crippen LogP contribution is -2.20. The van der Waals surface area contributed by atoms with Crippen LogP contribution in [0.15, 0.2) is 12.1 Å². The maximum absolute atomic E-state index is 13.5. The zero-order valence-corrected chi connectivity index (χ0v) is 10.6. The summed E-state index contributed by atoms with van der Waals surface area (Å²) in [4.78, 5) is 0. The molecule has 0 saturated carbocycles. The molecule has 0 aliphatic carbocycles. The molecule has 102 valence electrons. The fourth-order valence-corrected chi connectivity index (χ4v) is 1.67. The minimum absolute atomic E-state index is 0.249. The molecule has 1 unspecified atom stereocenters. The largest absolute Gasteiger partial charge is 0.479 e. The fraction of sp³-hybridized carbons (Fsp3) is 0.400. The van der Waals surface area contributed by atoms with Gasteiger partial charge in [-0.3, -0.25) is 0 Å². The Morgan fingerprint density at radius 1 is 1.39 bits per heavy atom. The van der Waals surface area contributed by atoms with Crippen LogP contribution < -0.4 is 10.5 Å². The van der Waals surface area contributed by atoms with Gasteiger partial charge in [-0.1, -0.05) is 11.6 Å². The Hall–Kier alpha value is -0.660. The minimum Gasteiger partial charge on any atom is -0.479 e. The zero-order chi connectivity index (χ0) is 13.9. The van der Waals surface area contributed by atoms with Crippen molar-refractivity contribution in [1.82, 2.24) is 0 Å². The van der Waals surface area contributed by atoms with Crippen LogP contribution in [0, 0.1) is 5.82 Å². The van der Waals surface area contributed by atoms with Gasteiger partial charge in [0.05, 0.1) is 5.02 Å². The third-order valence-corrected chi connectivity index (χ3v) is 2.70. The smallest absolute Gasteiger partial charge is 0.422 e. The van der Waals surface area contributed by atoms with Crippen molar-refractivity contribution >= 4 is 24.2 Å². The van der Waals surface area contributed by atoms with Crippen LogP contribution >= 0.6 is 24.2 Å². The number of benzene rings is 1. The van der Waals surface area contributed by atoms with Gasteiger partial charge >= 0.3 is 6.18 Å². The predicted octanol–water partition coefficient (Wildman–Crippen LogP) is 3.35. The second-order valence-electron chi connectivity index (χ2n) is 3.51. The molecule has 0 radical (unpaired) electrons. The van der Waals surface area contributed by atoms with Crippen molar-refractivity contribution in [3.8, 4) is 5.75 Å². The summed E-state index contributed by atoms with van der Waals surface area (Å²) < 4.78 is 53.7. The number of alkyl halides is 3. The highest BCUT2D eigenvalue weighted by molar-refractivity contribution is 7.80. The highest BCUT2D eigenvalue weighted by atomic mass is 35.5. The number of halogens is 5. The molecule has 1 aromatic rings. The molecule has 2 nitrogen and oxygen atoms in total. The summed E-state index contributed by atoms with van der Waals surface area (Å²) in [6.45, 7) is -1.61. The highest BCUT2D eigenvalue weighted by Crippen LogP contribution is 2.32. The molecule has 1 rings (SSSR count). The first-order chi connectivity index (χ1) is 8.24. The topological polar surface area (TPSA) is 35.2 Å². The van der Waals surface area contributed by atoms with Gasteiger partial charge in [0.1, 0.15) is 0 Å². The molecule has 2 N–H and O–H groups in total. The van der Waals surface area contributed by atoms with Crippen LogP contribution in [0.25, 0.3) is 0 Å². The Morgan fingerprint density at radius 3 is 2.44 bits per heavy atom. The average Bonchev–Trinajstić information content (AvgIpc) is 2.25. The maximum Gasteiger partial charge on any atom is 0.422 e. The molecule has 0 heterocycles. The molecule has 0 fully saturated rings. The van der Waals surface area contributed by atoms with E-state index in [1.165, 1.54) is 6.07 Å². The van der Waals surface area contributed by atoms with E-state index < -0.39 is 30.4 Å². The van der Waals surface area contributed by atoms with E-state index in [0.717, 1.165) is 6.07 Å². The van der Waals surface area contributed by atoms with Crippen LogP contribution in [0.1, 0.15) is 11.6 Å².